The first-order chi connectivity index (χ1) is 7.63. The fourth-order valence-electron chi connectivity index (χ4n) is 1.52. The van der Waals surface area contributed by atoms with Crippen LogP contribution < -0.4 is 0 Å². The van der Waals surface area contributed by atoms with Gasteiger partial charge < -0.3 is 10.2 Å². The maximum absolute atomic E-state index is 10.6. The zero-order chi connectivity index (χ0) is 12.0. The molecule has 1 unspecified atom stereocenters. The van der Waals surface area contributed by atoms with Crippen LogP contribution in [0.2, 0.25) is 0 Å². The Morgan fingerprint density at radius 2 is 2.00 bits per heavy atom. The molecule has 1 aromatic rings. The normalized spacial score (nSPS) is 12.7. The van der Waals surface area contributed by atoms with Crippen LogP contribution in [0.15, 0.2) is 30.3 Å². The van der Waals surface area contributed by atoms with Crippen LogP contribution in [0.5, 0.6) is 0 Å². The number of carbonyl (C=O) groups is 1. The minimum Gasteiger partial charge on any atom is -0.480 e. The molecule has 4 nitrogen and oxygen atoms in total. The van der Waals surface area contributed by atoms with E-state index in [2.05, 4.69) is 0 Å². The molecule has 0 radical (unpaired) electrons. The first-order valence-electron chi connectivity index (χ1n) is 5.30. The van der Waals surface area contributed by atoms with Gasteiger partial charge in [0.15, 0.2) is 0 Å². The van der Waals surface area contributed by atoms with Crippen LogP contribution in [-0.4, -0.2) is 40.7 Å². The third-order valence-electron chi connectivity index (χ3n) is 2.42. The van der Waals surface area contributed by atoms with Crippen molar-refractivity contribution in [2.45, 2.75) is 13.0 Å². The van der Waals surface area contributed by atoms with Crippen molar-refractivity contribution in [2.75, 3.05) is 19.6 Å². The van der Waals surface area contributed by atoms with Gasteiger partial charge >= 0.3 is 5.97 Å². The van der Waals surface area contributed by atoms with Crippen molar-refractivity contribution in [3.05, 3.63) is 35.9 Å². The molecule has 0 saturated carbocycles. The second-order valence-corrected chi connectivity index (χ2v) is 3.65. The molecular weight excluding hydrogens is 206 g/mol. The molecule has 0 fully saturated rings. The summed E-state index contributed by atoms with van der Waals surface area (Å²) in [6.07, 6.45) is -0.638. The van der Waals surface area contributed by atoms with Crippen molar-refractivity contribution < 1.29 is 15.0 Å². The lowest BCUT2D eigenvalue weighted by atomic mass is 10.1. The molecule has 0 aliphatic heterocycles. The van der Waals surface area contributed by atoms with Gasteiger partial charge in [-0.2, -0.15) is 0 Å². The highest BCUT2D eigenvalue weighted by Gasteiger charge is 2.14. The number of likely N-dealkylation sites (N-methyl/N-ethyl adjacent to an activating group) is 1. The van der Waals surface area contributed by atoms with Gasteiger partial charge in [-0.15, -0.1) is 0 Å². The molecule has 1 rings (SSSR count). The zero-order valence-corrected chi connectivity index (χ0v) is 9.34. The van der Waals surface area contributed by atoms with Crippen LogP contribution in [0.4, 0.5) is 0 Å². The number of aliphatic carboxylic acids is 1. The molecule has 4 heteroatoms. The van der Waals surface area contributed by atoms with E-state index in [1.54, 1.807) is 4.90 Å². The smallest absolute Gasteiger partial charge is 0.317 e. The maximum Gasteiger partial charge on any atom is 0.317 e. The van der Waals surface area contributed by atoms with Crippen LogP contribution in [0.3, 0.4) is 0 Å². The fraction of sp³-hybridized carbons (Fsp3) is 0.417. The van der Waals surface area contributed by atoms with E-state index in [0.29, 0.717) is 13.1 Å². The zero-order valence-electron chi connectivity index (χ0n) is 9.34. The quantitative estimate of drug-likeness (QED) is 0.759. The molecule has 88 valence electrons. The highest BCUT2D eigenvalue weighted by atomic mass is 16.4. The summed E-state index contributed by atoms with van der Waals surface area (Å²) >= 11 is 0. The van der Waals surface area contributed by atoms with Gasteiger partial charge in [0.2, 0.25) is 0 Å². The molecule has 0 aliphatic rings. The lowest BCUT2D eigenvalue weighted by Crippen LogP contribution is -2.33. The third-order valence-corrected chi connectivity index (χ3v) is 2.42. The van der Waals surface area contributed by atoms with Crippen LogP contribution in [0.1, 0.15) is 18.6 Å². The largest absolute Gasteiger partial charge is 0.480 e. The standard InChI is InChI=1S/C12H17NO3/c1-2-13(9-12(15)16)8-11(14)10-6-4-3-5-7-10/h3-7,11,14H,2,8-9H2,1H3,(H,15,16). The summed E-state index contributed by atoms with van der Waals surface area (Å²) < 4.78 is 0. The molecule has 0 aliphatic carbocycles. The number of carboxylic acids is 1. The molecule has 0 spiro atoms. The maximum atomic E-state index is 10.6. The summed E-state index contributed by atoms with van der Waals surface area (Å²) in [5.41, 5.74) is 0.811. The van der Waals surface area contributed by atoms with E-state index < -0.39 is 12.1 Å². The lowest BCUT2D eigenvalue weighted by Gasteiger charge is -2.21. The average molecular weight is 223 g/mol. The van der Waals surface area contributed by atoms with Crippen molar-refractivity contribution in [3.63, 3.8) is 0 Å². The molecule has 0 amide bonds. The summed E-state index contributed by atoms with van der Waals surface area (Å²) in [5.74, 6) is -0.873. The third kappa shape index (κ3) is 4.00. The van der Waals surface area contributed by atoms with E-state index in [9.17, 15) is 9.90 Å². The summed E-state index contributed by atoms with van der Waals surface area (Å²) in [6, 6.07) is 9.25. The molecule has 16 heavy (non-hydrogen) atoms. The van der Waals surface area contributed by atoms with Crippen molar-refractivity contribution in [1.29, 1.82) is 0 Å². The summed E-state index contributed by atoms with van der Waals surface area (Å²) in [6.45, 7) is 2.78. The van der Waals surface area contributed by atoms with E-state index in [-0.39, 0.29) is 6.54 Å². The van der Waals surface area contributed by atoms with Crippen LogP contribution in [-0.2, 0) is 4.79 Å². The minimum atomic E-state index is -0.873. The van der Waals surface area contributed by atoms with Crippen LogP contribution in [0.25, 0.3) is 0 Å². The van der Waals surface area contributed by atoms with Crippen LogP contribution in [0, 0.1) is 0 Å². The van der Waals surface area contributed by atoms with E-state index in [0.717, 1.165) is 5.56 Å². The Morgan fingerprint density at radius 3 is 2.50 bits per heavy atom. The van der Waals surface area contributed by atoms with Crippen molar-refractivity contribution in [3.8, 4) is 0 Å². The SMILES string of the molecule is CCN(CC(=O)O)CC(O)c1ccccc1. The average Bonchev–Trinajstić information content (AvgIpc) is 2.28. The Morgan fingerprint density at radius 1 is 1.38 bits per heavy atom. The Bertz CT molecular complexity index is 326. The molecular formula is C12H17NO3. The fourth-order valence-corrected chi connectivity index (χ4v) is 1.52. The molecule has 0 heterocycles. The van der Waals surface area contributed by atoms with Gasteiger partial charge in [-0.1, -0.05) is 37.3 Å². The number of aliphatic hydroxyl groups excluding tert-OH is 1. The summed E-state index contributed by atoms with van der Waals surface area (Å²) in [7, 11) is 0. The van der Waals surface area contributed by atoms with E-state index >= 15 is 0 Å². The van der Waals surface area contributed by atoms with Gasteiger partial charge in [-0.3, -0.25) is 9.69 Å². The number of benzene rings is 1. The van der Waals surface area contributed by atoms with Gasteiger partial charge in [0, 0.05) is 6.54 Å². The van der Waals surface area contributed by atoms with Crippen molar-refractivity contribution in [1.82, 2.24) is 4.90 Å². The number of nitrogens with zero attached hydrogens (tertiary/aromatic N) is 1. The molecule has 1 atom stereocenters. The van der Waals surface area contributed by atoms with Gasteiger partial charge in [-0.05, 0) is 12.1 Å². The summed E-state index contributed by atoms with van der Waals surface area (Å²) in [5, 5.41) is 18.6. The molecule has 2 N–H and O–H groups in total. The van der Waals surface area contributed by atoms with Gasteiger partial charge in [0.1, 0.15) is 0 Å². The lowest BCUT2D eigenvalue weighted by molar-refractivity contribution is -0.138. The van der Waals surface area contributed by atoms with E-state index in [1.807, 2.05) is 37.3 Å². The second kappa shape index (κ2) is 6.25. The van der Waals surface area contributed by atoms with E-state index in [4.69, 9.17) is 5.11 Å². The monoisotopic (exact) mass is 223 g/mol. The number of carboxylic acid groups (broad SMARTS) is 1. The highest BCUT2D eigenvalue weighted by Crippen LogP contribution is 2.13. The first kappa shape index (κ1) is 12.7. The predicted molar refractivity (Wildman–Crippen MR) is 61.2 cm³/mol. The van der Waals surface area contributed by atoms with Gasteiger partial charge in [0.25, 0.3) is 0 Å². The number of rotatable bonds is 6. The highest BCUT2D eigenvalue weighted by molar-refractivity contribution is 5.69. The van der Waals surface area contributed by atoms with E-state index in [1.165, 1.54) is 0 Å². The van der Waals surface area contributed by atoms with Gasteiger partial charge in [-0.25, -0.2) is 0 Å². The Balaban J connectivity index is 2.55. The predicted octanol–water partition coefficient (Wildman–Crippen LogP) is 1.13. The molecule has 0 saturated heterocycles. The number of hydrogen-bond donors (Lipinski definition) is 2. The Labute approximate surface area is 95.1 Å². The van der Waals surface area contributed by atoms with Crippen molar-refractivity contribution >= 4 is 5.97 Å². The molecule has 0 aromatic heterocycles. The second-order valence-electron chi connectivity index (χ2n) is 3.65. The Hall–Kier alpha value is -1.39. The molecule has 1 aromatic carbocycles. The Kier molecular flexibility index (Phi) is 4.95. The van der Waals surface area contributed by atoms with Crippen molar-refractivity contribution in [2.24, 2.45) is 0 Å². The topological polar surface area (TPSA) is 60.8 Å². The number of hydrogen-bond acceptors (Lipinski definition) is 3. The molecule has 0 bridgehead atoms. The van der Waals surface area contributed by atoms with Gasteiger partial charge in [0.05, 0.1) is 12.6 Å². The first-order valence-corrected chi connectivity index (χ1v) is 5.30. The number of aliphatic hydroxyl groups is 1. The minimum absolute atomic E-state index is 0.0413. The summed E-state index contributed by atoms with van der Waals surface area (Å²) in [4.78, 5) is 12.3. The van der Waals surface area contributed by atoms with Crippen LogP contribution >= 0.6 is 0 Å².